The first-order chi connectivity index (χ1) is 8.15. The quantitative estimate of drug-likeness (QED) is 0.723. The average Bonchev–Trinajstić information content (AvgIpc) is 2.66. The van der Waals surface area contributed by atoms with E-state index in [2.05, 4.69) is 24.0 Å². The highest BCUT2D eigenvalue weighted by Gasteiger charge is 2.23. The molecule has 0 radical (unpaired) electrons. The van der Waals surface area contributed by atoms with E-state index in [-0.39, 0.29) is 12.5 Å². The molecule has 1 aliphatic rings. The highest BCUT2D eigenvalue weighted by Crippen LogP contribution is 2.22. The molecule has 1 aromatic heterocycles. The monoisotopic (exact) mass is 237 g/mol. The number of methoxy groups -OCH3 is 1. The number of fused-ring (bicyclic) bond motifs is 1. The lowest BCUT2D eigenvalue weighted by molar-refractivity contribution is -0.141. The van der Waals surface area contributed by atoms with Gasteiger partial charge in [0, 0.05) is 30.8 Å². The number of carbonyl (C=O) groups is 1. The first kappa shape index (κ1) is 12.1. The van der Waals surface area contributed by atoms with Crippen molar-refractivity contribution in [2.24, 2.45) is 0 Å². The number of aromatic nitrogens is 2. The van der Waals surface area contributed by atoms with Crippen LogP contribution in [0.3, 0.4) is 0 Å². The number of nitrogens with zero attached hydrogens (tertiary/aromatic N) is 3. The molecule has 94 valence electrons. The van der Waals surface area contributed by atoms with Gasteiger partial charge in [0.1, 0.15) is 6.54 Å². The molecule has 0 atom stereocenters. The average molecular weight is 237 g/mol. The number of likely N-dealkylation sites (N-methyl/N-ethyl adjacent to an activating group) is 1. The Bertz CT molecular complexity index is 426. The molecule has 0 amide bonds. The number of esters is 1. The van der Waals surface area contributed by atoms with Crippen molar-refractivity contribution in [1.82, 2.24) is 14.7 Å². The van der Waals surface area contributed by atoms with Crippen LogP contribution in [0.1, 0.15) is 23.9 Å². The molecule has 0 aliphatic carbocycles. The molecule has 1 aliphatic heterocycles. The molecule has 1 aromatic rings. The zero-order valence-corrected chi connectivity index (χ0v) is 10.7. The van der Waals surface area contributed by atoms with Gasteiger partial charge in [-0.1, -0.05) is 6.92 Å². The molecule has 5 nitrogen and oxygen atoms in total. The van der Waals surface area contributed by atoms with Crippen LogP contribution in [0.25, 0.3) is 0 Å². The summed E-state index contributed by atoms with van der Waals surface area (Å²) in [5, 5.41) is 4.52. The maximum absolute atomic E-state index is 11.3. The predicted molar refractivity (Wildman–Crippen MR) is 63.7 cm³/mol. The van der Waals surface area contributed by atoms with Gasteiger partial charge < -0.3 is 9.64 Å². The van der Waals surface area contributed by atoms with E-state index >= 15 is 0 Å². The largest absolute Gasteiger partial charge is 0.468 e. The fraction of sp³-hybridized carbons (Fsp3) is 0.667. The van der Waals surface area contributed by atoms with E-state index in [4.69, 9.17) is 4.74 Å². The molecule has 2 rings (SSSR count). The first-order valence-corrected chi connectivity index (χ1v) is 5.98. The van der Waals surface area contributed by atoms with Crippen LogP contribution in [0.4, 0.5) is 0 Å². The van der Waals surface area contributed by atoms with E-state index in [9.17, 15) is 4.79 Å². The number of rotatable bonds is 3. The summed E-state index contributed by atoms with van der Waals surface area (Å²) in [4.78, 5) is 13.6. The SMILES string of the molecule is CCc1nn(CC(=O)OC)c2c1CN(C)CC2. The maximum atomic E-state index is 11.3. The first-order valence-electron chi connectivity index (χ1n) is 5.98. The van der Waals surface area contributed by atoms with Gasteiger partial charge in [-0.3, -0.25) is 9.48 Å². The van der Waals surface area contributed by atoms with Crippen molar-refractivity contribution in [3.8, 4) is 0 Å². The third-order valence-corrected chi connectivity index (χ3v) is 3.25. The van der Waals surface area contributed by atoms with E-state index in [0.29, 0.717) is 0 Å². The Labute approximate surface area is 101 Å². The zero-order chi connectivity index (χ0) is 12.4. The Balaban J connectivity index is 2.31. The van der Waals surface area contributed by atoms with Crippen LogP contribution >= 0.6 is 0 Å². The molecule has 17 heavy (non-hydrogen) atoms. The summed E-state index contributed by atoms with van der Waals surface area (Å²) in [6, 6.07) is 0. The van der Waals surface area contributed by atoms with Crippen LogP contribution < -0.4 is 0 Å². The van der Waals surface area contributed by atoms with Crippen molar-refractivity contribution in [2.75, 3.05) is 20.7 Å². The van der Waals surface area contributed by atoms with E-state index in [1.807, 2.05) is 4.68 Å². The highest BCUT2D eigenvalue weighted by atomic mass is 16.5. The number of hydrogen-bond acceptors (Lipinski definition) is 4. The summed E-state index contributed by atoms with van der Waals surface area (Å²) in [5.74, 6) is -0.239. The number of carbonyl (C=O) groups excluding carboxylic acids is 1. The van der Waals surface area contributed by atoms with Crippen LogP contribution in [0.5, 0.6) is 0 Å². The minimum atomic E-state index is -0.239. The molecule has 0 saturated carbocycles. The Hall–Kier alpha value is -1.36. The summed E-state index contributed by atoms with van der Waals surface area (Å²) in [5.41, 5.74) is 3.60. The molecule has 0 spiro atoms. The molecule has 2 heterocycles. The second-order valence-corrected chi connectivity index (χ2v) is 4.45. The molecule has 5 heteroatoms. The minimum absolute atomic E-state index is 0.225. The van der Waals surface area contributed by atoms with Crippen molar-refractivity contribution in [3.63, 3.8) is 0 Å². The third kappa shape index (κ3) is 2.34. The topological polar surface area (TPSA) is 47.4 Å². The predicted octanol–water partition coefficient (Wildman–Crippen LogP) is 0.606. The third-order valence-electron chi connectivity index (χ3n) is 3.25. The van der Waals surface area contributed by atoms with Crippen LogP contribution in [0.15, 0.2) is 0 Å². The van der Waals surface area contributed by atoms with Gasteiger partial charge in [-0.2, -0.15) is 5.10 Å². The van der Waals surface area contributed by atoms with Crippen molar-refractivity contribution in [3.05, 3.63) is 17.0 Å². The van der Waals surface area contributed by atoms with Crippen LogP contribution in [-0.4, -0.2) is 41.4 Å². The lowest BCUT2D eigenvalue weighted by Gasteiger charge is -2.23. The van der Waals surface area contributed by atoms with Crippen LogP contribution in [0.2, 0.25) is 0 Å². The van der Waals surface area contributed by atoms with Crippen molar-refractivity contribution in [1.29, 1.82) is 0 Å². The van der Waals surface area contributed by atoms with Crippen LogP contribution in [-0.2, 0) is 35.5 Å². The summed E-state index contributed by atoms with van der Waals surface area (Å²) in [6.07, 6.45) is 1.86. The summed E-state index contributed by atoms with van der Waals surface area (Å²) < 4.78 is 6.51. The van der Waals surface area contributed by atoms with E-state index in [1.165, 1.54) is 18.4 Å². The zero-order valence-electron chi connectivity index (χ0n) is 10.7. The normalized spacial score (nSPS) is 15.7. The standard InChI is InChI=1S/C12H19N3O2/c1-4-10-9-7-14(2)6-5-11(9)15(13-10)8-12(16)17-3/h4-8H2,1-3H3. The van der Waals surface area contributed by atoms with Gasteiger partial charge in [0.25, 0.3) is 0 Å². The second kappa shape index (κ2) is 4.87. The molecular weight excluding hydrogens is 218 g/mol. The Kier molecular flexibility index (Phi) is 3.47. The lowest BCUT2D eigenvalue weighted by atomic mass is 10.0. The van der Waals surface area contributed by atoms with Crippen molar-refractivity contribution < 1.29 is 9.53 Å². The van der Waals surface area contributed by atoms with E-state index in [0.717, 1.165) is 31.6 Å². The lowest BCUT2D eigenvalue weighted by Crippen LogP contribution is -2.28. The summed E-state index contributed by atoms with van der Waals surface area (Å²) in [6.45, 7) is 4.27. The van der Waals surface area contributed by atoms with E-state index < -0.39 is 0 Å². The number of aryl methyl sites for hydroxylation is 1. The summed E-state index contributed by atoms with van der Waals surface area (Å²) in [7, 11) is 3.52. The van der Waals surface area contributed by atoms with Gasteiger partial charge in [-0.25, -0.2) is 0 Å². The fourth-order valence-corrected chi connectivity index (χ4v) is 2.30. The van der Waals surface area contributed by atoms with Gasteiger partial charge in [0.05, 0.1) is 12.8 Å². The molecule has 0 unspecified atom stereocenters. The van der Waals surface area contributed by atoms with Gasteiger partial charge in [0.2, 0.25) is 0 Å². The van der Waals surface area contributed by atoms with Gasteiger partial charge in [-0.05, 0) is 13.5 Å². The Morgan fingerprint density at radius 2 is 2.29 bits per heavy atom. The van der Waals surface area contributed by atoms with Gasteiger partial charge in [0.15, 0.2) is 0 Å². The molecule has 0 N–H and O–H groups in total. The molecular formula is C12H19N3O2. The molecule has 0 saturated heterocycles. The van der Waals surface area contributed by atoms with Gasteiger partial charge in [-0.15, -0.1) is 0 Å². The number of ether oxygens (including phenoxy) is 1. The van der Waals surface area contributed by atoms with Gasteiger partial charge >= 0.3 is 5.97 Å². The molecule has 0 aromatic carbocycles. The van der Waals surface area contributed by atoms with Crippen molar-refractivity contribution in [2.45, 2.75) is 32.9 Å². The fourth-order valence-electron chi connectivity index (χ4n) is 2.30. The summed E-state index contributed by atoms with van der Waals surface area (Å²) >= 11 is 0. The van der Waals surface area contributed by atoms with E-state index in [1.54, 1.807) is 0 Å². The highest BCUT2D eigenvalue weighted by molar-refractivity contribution is 5.69. The smallest absolute Gasteiger partial charge is 0.327 e. The number of hydrogen-bond donors (Lipinski definition) is 0. The maximum Gasteiger partial charge on any atom is 0.327 e. The molecule has 0 fully saturated rings. The van der Waals surface area contributed by atoms with Crippen LogP contribution in [0, 0.1) is 0 Å². The molecule has 0 bridgehead atoms. The second-order valence-electron chi connectivity index (χ2n) is 4.45. The Morgan fingerprint density at radius 1 is 1.53 bits per heavy atom. The minimum Gasteiger partial charge on any atom is -0.468 e. The van der Waals surface area contributed by atoms with Crippen molar-refractivity contribution >= 4 is 5.97 Å². The Morgan fingerprint density at radius 3 is 2.94 bits per heavy atom.